The number of aryl methyl sites for hydroxylation is 1. The summed E-state index contributed by atoms with van der Waals surface area (Å²) in [5.41, 5.74) is 2.68. The summed E-state index contributed by atoms with van der Waals surface area (Å²) in [6.07, 6.45) is 21.0. The number of rotatable bonds is 8. The van der Waals surface area contributed by atoms with E-state index in [0.29, 0.717) is 5.92 Å². The van der Waals surface area contributed by atoms with Crippen LogP contribution in [0.3, 0.4) is 0 Å². The van der Waals surface area contributed by atoms with Gasteiger partial charge in [0.2, 0.25) is 0 Å². The van der Waals surface area contributed by atoms with Crippen molar-refractivity contribution in [2.75, 3.05) is 0 Å². The van der Waals surface area contributed by atoms with Gasteiger partial charge in [-0.1, -0.05) is 82.8 Å². The van der Waals surface area contributed by atoms with Crippen molar-refractivity contribution < 1.29 is 0 Å². The molecule has 0 amide bonds. The van der Waals surface area contributed by atoms with Gasteiger partial charge in [-0.05, 0) is 86.8 Å². The molecule has 1 aromatic rings. The van der Waals surface area contributed by atoms with Crippen LogP contribution in [-0.2, 0) is 6.42 Å². The Labute approximate surface area is 181 Å². The second kappa shape index (κ2) is 12.5. The molecule has 2 aliphatic rings. The molecule has 2 aliphatic carbocycles. The molecule has 0 radical (unpaired) electrons. The van der Waals surface area contributed by atoms with Crippen LogP contribution in [0.15, 0.2) is 24.3 Å². The van der Waals surface area contributed by atoms with Crippen LogP contribution in [0.2, 0.25) is 0 Å². The molecule has 0 aromatic heterocycles. The largest absolute Gasteiger partial charge is 0.0945 e. The summed E-state index contributed by atoms with van der Waals surface area (Å²) in [6, 6.07) is 9.06. The molecular formula is C29H44. The first-order valence-electron chi connectivity index (χ1n) is 12.9. The van der Waals surface area contributed by atoms with E-state index in [1.807, 2.05) is 0 Å². The second-order valence-electron chi connectivity index (χ2n) is 9.96. The van der Waals surface area contributed by atoms with E-state index in [1.165, 1.54) is 107 Å². The molecule has 0 heterocycles. The van der Waals surface area contributed by atoms with Crippen molar-refractivity contribution in [2.45, 2.75) is 110 Å². The van der Waals surface area contributed by atoms with Crippen LogP contribution in [0.5, 0.6) is 0 Å². The predicted octanol–water partition coefficient (Wildman–Crippen LogP) is 8.57. The summed E-state index contributed by atoms with van der Waals surface area (Å²) < 4.78 is 0. The van der Waals surface area contributed by atoms with Gasteiger partial charge in [-0.25, -0.2) is 0 Å². The lowest BCUT2D eigenvalue weighted by Gasteiger charge is -2.37. The zero-order chi connectivity index (χ0) is 20.3. The molecule has 1 aromatic carbocycles. The second-order valence-corrected chi connectivity index (χ2v) is 9.96. The Bertz CT molecular complexity index is 612. The summed E-state index contributed by atoms with van der Waals surface area (Å²) in [7, 11) is 0. The van der Waals surface area contributed by atoms with Crippen molar-refractivity contribution >= 4 is 0 Å². The van der Waals surface area contributed by atoms with Crippen LogP contribution >= 0.6 is 0 Å². The molecule has 0 nitrogen and oxygen atoms in total. The van der Waals surface area contributed by atoms with E-state index in [1.54, 1.807) is 0 Å². The van der Waals surface area contributed by atoms with E-state index in [4.69, 9.17) is 0 Å². The van der Waals surface area contributed by atoms with Gasteiger partial charge < -0.3 is 0 Å². The lowest BCUT2D eigenvalue weighted by atomic mass is 9.69. The molecule has 3 rings (SSSR count). The number of benzene rings is 1. The fraction of sp³-hybridized carbons (Fsp3) is 0.724. The highest BCUT2D eigenvalue weighted by molar-refractivity contribution is 5.36. The van der Waals surface area contributed by atoms with E-state index >= 15 is 0 Å². The van der Waals surface area contributed by atoms with Gasteiger partial charge in [-0.3, -0.25) is 0 Å². The first kappa shape index (κ1) is 22.5. The average molecular weight is 393 g/mol. The first-order chi connectivity index (χ1) is 14.3. The normalized spacial score (nSPS) is 27.2. The van der Waals surface area contributed by atoms with Crippen molar-refractivity contribution in [1.29, 1.82) is 0 Å². The molecule has 2 fully saturated rings. The highest BCUT2D eigenvalue weighted by Crippen LogP contribution is 2.42. The number of hydrogen-bond donors (Lipinski definition) is 0. The molecule has 0 heteroatoms. The summed E-state index contributed by atoms with van der Waals surface area (Å²) in [6.45, 7) is 4.62. The summed E-state index contributed by atoms with van der Waals surface area (Å²) >= 11 is 0. The van der Waals surface area contributed by atoms with Crippen LogP contribution in [0.1, 0.15) is 115 Å². The third-order valence-corrected chi connectivity index (χ3v) is 7.72. The van der Waals surface area contributed by atoms with Gasteiger partial charge in [0, 0.05) is 11.5 Å². The van der Waals surface area contributed by atoms with Gasteiger partial charge >= 0.3 is 0 Å². The van der Waals surface area contributed by atoms with Crippen LogP contribution in [0.4, 0.5) is 0 Å². The Balaban J connectivity index is 1.38. The van der Waals surface area contributed by atoms with Gasteiger partial charge in [0.1, 0.15) is 0 Å². The van der Waals surface area contributed by atoms with Crippen molar-refractivity contribution in [3.8, 4) is 11.8 Å². The molecule has 2 saturated carbocycles. The van der Waals surface area contributed by atoms with Gasteiger partial charge in [0.15, 0.2) is 0 Å². The van der Waals surface area contributed by atoms with E-state index < -0.39 is 0 Å². The fourth-order valence-electron chi connectivity index (χ4n) is 5.79. The topological polar surface area (TPSA) is 0 Å². The van der Waals surface area contributed by atoms with Crippen LogP contribution < -0.4 is 0 Å². The Hall–Kier alpha value is -1.22. The summed E-state index contributed by atoms with van der Waals surface area (Å²) in [4.78, 5) is 0. The van der Waals surface area contributed by atoms with E-state index in [-0.39, 0.29) is 0 Å². The molecule has 29 heavy (non-hydrogen) atoms. The lowest BCUT2D eigenvalue weighted by Crippen LogP contribution is -2.25. The minimum atomic E-state index is 0.636. The van der Waals surface area contributed by atoms with Gasteiger partial charge in [-0.15, -0.1) is 0 Å². The van der Waals surface area contributed by atoms with Crippen molar-refractivity contribution in [2.24, 2.45) is 23.7 Å². The molecule has 0 bridgehead atoms. The maximum Gasteiger partial charge on any atom is 0.0245 e. The zero-order valence-corrected chi connectivity index (χ0v) is 19.2. The minimum absolute atomic E-state index is 0.636. The predicted molar refractivity (Wildman–Crippen MR) is 127 cm³/mol. The molecule has 0 aliphatic heterocycles. The molecule has 160 valence electrons. The van der Waals surface area contributed by atoms with Gasteiger partial charge in [0.25, 0.3) is 0 Å². The lowest BCUT2D eigenvalue weighted by molar-refractivity contribution is 0.154. The van der Waals surface area contributed by atoms with Gasteiger partial charge in [-0.2, -0.15) is 0 Å². The van der Waals surface area contributed by atoms with E-state index in [9.17, 15) is 0 Å². The smallest absolute Gasteiger partial charge is 0.0245 e. The average Bonchev–Trinajstić information content (AvgIpc) is 2.77. The fourth-order valence-corrected chi connectivity index (χ4v) is 5.79. The maximum atomic E-state index is 3.61. The molecule has 0 saturated heterocycles. The van der Waals surface area contributed by atoms with Crippen LogP contribution in [0, 0.1) is 35.5 Å². The van der Waals surface area contributed by atoms with E-state index in [0.717, 1.165) is 17.8 Å². The Morgan fingerprint density at radius 2 is 1.38 bits per heavy atom. The SMILES string of the molecule is CCCCCCc1ccc(C#C[C@H]2CC[C@H]([C@H]3CC[C@H](CCC)CC3)CC2)cc1. The Kier molecular flexibility index (Phi) is 9.66. The standard InChI is InChI=1S/C29H44/c1-3-5-6-7-9-25-10-12-26(13-11-25)14-15-27-18-22-29(23-19-27)28-20-16-24(8-4-2)17-21-28/h10-13,24,27-29H,3-9,16-23H2,1-2H3/t24-,27-,28-,29-. The molecule has 0 N–H and O–H groups in total. The van der Waals surface area contributed by atoms with Gasteiger partial charge in [0.05, 0.1) is 0 Å². The Morgan fingerprint density at radius 3 is 2.00 bits per heavy atom. The van der Waals surface area contributed by atoms with E-state index in [2.05, 4.69) is 50.0 Å². The van der Waals surface area contributed by atoms with Crippen LogP contribution in [0.25, 0.3) is 0 Å². The number of unbranched alkanes of at least 4 members (excludes halogenated alkanes) is 3. The monoisotopic (exact) mass is 392 g/mol. The molecule has 0 atom stereocenters. The quantitative estimate of drug-likeness (QED) is 0.307. The van der Waals surface area contributed by atoms with Crippen LogP contribution in [-0.4, -0.2) is 0 Å². The maximum absolute atomic E-state index is 3.61. The summed E-state index contributed by atoms with van der Waals surface area (Å²) in [5.74, 6) is 10.8. The minimum Gasteiger partial charge on any atom is -0.0945 e. The number of hydrogen-bond acceptors (Lipinski definition) is 0. The van der Waals surface area contributed by atoms with Crippen molar-refractivity contribution in [1.82, 2.24) is 0 Å². The molecular weight excluding hydrogens is 348 g/mol. The highest BCUT2D eigenvalue weighted by Gasteiger charge is 2.30. The third kappa shape index (κ3) is 7.51. The third-order valence-electron chi connectivity index (χ3n) is 7.72. The van der Waals surface area contributed by atoms with Crippen molar-refractivity contribution in [3.63, 3.8) is 0 Å². The zero-order valence-electron chi connectivity index (χ0n) is 19.2. The van der Waals surface area contributed by atoms with Crippen molar-refractivity contribution in [3.05, 3.63) is 35.4 Å². The molecule has 0 spiro atoms. The first-order valence-corrected chi connectivity index (χ1v) is 12.9. The highest BCUT2D eigenvalue weighted by atomic mass is 14.3. The summed E-state index contributed by atoms with van der Waals surface area (Å²) in [5, 5.41) is 0. The Morgan fingerprint density at radius 1 is 0.724 bits per heavy atom. The molecule has 0 unspecified atom stereocenters.